The lowest BCUT2D eigenvalue weighted by Gasteiger charge is -2.31. The first-order valence-corrected chi connectivity index (χ1v) is 17.2. The molecular formula is C35H47N5O4S. The number of amides is 2. The van der Waals surface area contributed by atoms with E-state index in [0.717, 1.165) is 60.8 Å². The third-order valence-electron chi connectivity index (χ3n) is 10.6. The zero-order valence-electron chi connectivity index (χ0n) is 26.9. The number of hydrogen-bond donors (Lipinski definition) is 5. The summed E-state index contributed by atoms with van der Waals surface area (Å²) < 4.78 is 0. The summed E-state index contributed by atoms with van der Waals surface area (Å²) in [6.45, 7) is 11.3. The first kappa shape index (κ1) is 31.9. The molecule has 6 rings (SSSR count). The molecule has 10 heteroatoms. The van der Waals surface area contributed by atoms with Gasteiger partial charge in [-0.25, -0.2) is 0 Å². The van der Waals surface area contributed by atoms with E-state index in [9.17, 15) is 19.5 Å². The number of nitrogens with one attached hydrogen (secondary N) is 3. The number of aliphatic hydroxyl groups is 1. The Hall–Kier alpha value is -3.05. The van der Waals surface area contributed by atoms with Gasteiger partial charge in [-0.1, -0.05) is 17.2 Å². The number of ketones is 1. The van der Waals surface area contributed by atoms with Gasteiger partial charge in [-0.3, -0.25) is 14.4 Å². The molecule has 1 aliphatic carbocycles. The molecule has 2 amide bonds. The number of fused-ring (bicyclic) bond motifs is 3. The second kappa shape index (κ2) is 12.6. The lowest BCUT2D eigenvalue weighted by atomic mass is 9.76. The Morgan fingerprint density at radius 1 is 1.09 bits per heavy atom. The topological polar surface area (TPSA) is 141 Å². The predicted octanol–water partition coefficient (Wildman–Crippen LogP) is 3.57. The number of aromatic amines is 1. The number of Topliss-reactive ketones (excluding diaryl/α,β-unsaturated/α-hetero) is 1. The second-order valence-corrected chi connectivity index (χ2v) is 15.1. The number of hydrogen-bond acceptors (Lipinski definition) is 7. The molecule has 9 nitrogen and oxygen atoms in total. The molecule has 2 saturated heterocycles. The summed E-state index contributed by atoms with van der Waals surface area (Å²) in [7, 11) is 0. The van der Waals surface area contributed by atoms with Crippen LogP contribution in [0.5, 0.6) is 0 Å². The zero-order chi connectivity index (χ0) is 32.0. The molecule has 2 bridgehead atoms. The van der Waals surface area contributed by atoms with Crippen molar-refractivity contribution in [2.75, 3.05) is 32.8 Å². The fourth-order valence-corrected chi connectivity index (χ4v) is 9.12. The van der Waals surface area contributed by atoms with E-state index >= 15 is 0 Å². The van der Waals surface area contributed by atoms with Gasteiger partial charge in [0.1, 0.15) is 16.7 Å². The van der Waals surface area contributed by atoms with Crippen molar-refractivity contribution >= 4 is 39.2 Å². The van der Waals surface area contributed by atoms with E-state index in [1.54, 1.807) is 11.3 Å². The maximum absolute atomic E-state index is 14.0. The number of aromatic nitrogens is 1. The van der Waals surface area contributed by atoms with Gasteiger partial charge in [0.25, 0.3) is 0 Å². The third-order valence-corrected chi connectivity index (χ3v) is 11.9. The Labute approximate surface area is 269 Å². The minimum absolute atomic E-state index is 0.112. The van der Waals surface area contributed by atoms with Crippen LogP contribution in [-0.2, 0) is 26.2 Å². The maximum atomic E-state index is 14.0. The highest BCUT2D eigenvalue weighted by Crippen LogP contribution is 2.45. The van der Waals surface area contributed by atoms with Gasteiger partial charge in [-0.15, -0.1) is 11.3 Å². The first-order valence-electron chi connectivity index (χ1n) is 16.4. The van der Waals surface area contributed by atoms with E-state index in [1.165, 1.54) is 27.6 Å². The normalized spacial score (nSPS) is 23.1. The molecular weight excluding hydrogens is 586 g/mol. The van der Waals surface area contributed by atoms with Gasteiger partial charge in [-0.05, 0) is 115 Å². The van der Waals surface area contributed by atoms with Gasteiger partial charge < -0.3 is 31.4 Å². The Kier molecular flexibility index (Phi) is 8.95. The molecule has 3 fully saturated rings. The van der Waals surface area contributed by atoms with Crippen LogP contribution in [0.25, 0.3) is 21.5 Å². The molecule has 3 aliphatic rings. The van der Waals surface area contributed by atoms with Crippen LogP contribution in [0.2, 0.25) is 0 Å². The number of primary amides is 1. The fourth-order valence-electron chi connectivity index (χ4n) is 7.93. The minimum Gasteiger partial charge on any atom is -0.394 e. The molecule has 6 N–H and O–H groups in total. The number of aliphatic hydroxyl groups excluding tert-OH is 1. The molecule has 2 aliphatic heterocycles. The van der Waals surface area contributed by atoms with Gasteiger partial charge in [0.15, 0.2) is 0 Å². The van der Waals surface area contributed by atoms with Crippen molar-refractivity contribution in [2.24, 2.45) is 23.5 Å². The van der Waals surface area contributed by atoms with E-state index in [2.05, 4.69) is 72.5 Å². The van der Waals surface area contributed by atoms with Gasteiger partial charge in [0.05, 0.1) is 17.7 Å². The Morgan fingerprint density at radius 3 is 2.38 bits per heavy atom. The summed E-state index contributed by atoms with van der Waals surface area (Å²) in [6.07, 6.45) is 4.47. The van der Waals surface area contributed by atoms with Gasteiger partial charge in [-0.2, -0.15) is 0 Å². The summed E-state index contributed by atoms with van der Waals surface area (Å²) in [5.41, 5.74) is 10.8. The summed E-state index contributed by atoms with van der Waals surface area (Å²) in [5.74, 6) is -0.208. The quantitative estimate of drug-likeness (QED) is 0.219. The standard InChI is InChI=1S/C35H47N5O4S/c1-19-13-20(2)15-23(14-19)30-24(9-12-40-10-7-21(8-11-40)33(44)38-27(18-41)32(36)43)25-16-28(45-34(25)39-30)35(3,4)31(42)29-22-5-6-26(29)37-17-22/h13-16,21-22,26-27,29,37,39,41H,5-12,17-18H2,1-4H3,(H2,36,43)(H,38,44). The van der Waals surface area contributed by atoms with Crippen molar-refractivity contribution in [1.82, 2.24) is 20.5 Å². The molecule has 1 aromatic carbocycles. The number of likely N-dealkylation sites (tertiary alicyclic amines) is 1. The first-order chi connectivity index (χ1) is 21.5. The monoisotopic (exact) mass is 633 g/mol. The molecule has 1 saturated carbocycles. The van der Waals surface area contributed by atoms with Crippen LogP contribution in [0.4, 0.5) is 0 Å². The largest absolute Gasteiger partial charge is 0.394 e. The summed E-state index contributed by atoms with van der Waals surface area (Å²) >= 11 is 1.72. The van der Waals surface area contributed by atoms with Crippen molar-refractivity contribution in [1.29, 1.82) is 0 Å². The highest BCUT2D eigenvalue weighted by Gasteiger charge is 2.50. The van der Waals surface area contributed by atoms with Crippen molar-refractivity contribution in [3.8, 4) is 11.3 Å². The molecule has 0 radical (unpaired) electrons. The molecule has 45 heavy (non-hydrogen) atoms. The number of rotatable bonds is 11. The number of aryl methyl sites for hydroxylation is 2. The molecule has 4 heterocycles. The number of piperidine rings is 2. The van der Waals surface area contributed by atoms with Gasteiger partial charge in [0.2, 0.25) is 11.8 Å². The summed E-state index contributed by atoms with van der Waals surface area (Å²) in [6, 6.07) is 8.21. The Morgan fingerprint density at radius 2 is 1.80 bits per heavy atom. The van der Waals surface area contributed by atoms with Crippen LogP contribution in [0.1, 0.15) is 61.1 Å². The maximum Gasteiger partial charge on any atom is 0.242 e. The average Bonchev–Trinajstić information content (AvgIpc) is 3.78. The number of nitrogens with zero attached hydrogens (tertiary/aromatic N) is 1. The van der Waals surface area contributed by atoms with E-state index < -0.39 is 24.0 Å². The van der Waals surface area contributed by atoms with Crippen molar-refractivity contribution < 1.29 is 19.5 Å². The summed E-state index contributed by atoms with van der Waals surface area (Å²) in [4.78, 5) is 46.5. The molecule has 4 unspecified atom stereocenters. The van der Waals surface area contributed by atoms with Crippen LogP contribution < -0.4 is 16.4 Å². The molecule has 4 atom stereocenters. The number of carbonyl (C=O) groups excluding carboxylic acids is 3. The number of benzene rings is 1. The van der Waals surface area contributed by atoms with Crippen LogP contribution in [0, 0.1) is 31.6 Å². The second-order valence-electron chi connectivity index (χ2n) is 14.1. The number of carbonyl (C=O) groups is 3. The molecule has 242 valence electrons. The van der Waals surface area contributed by atoms with Crippen LogP contribution in [-0.4, -0.2) is 77.5 Å². The van der Waals surface area contributed by atoms with Gasteiger partial charge >= 0.3 is 0 Å². The van der Waals surface area contributed by atoms with E-state index in [-0.39, 0.29) is 17.7 Å². The number of thiophene rings is 1. The SMILES string of the molecule is Cc1cc(C)cc(-c2[nH]c3sc(C(C)(C)C(=O)C4C5CCC4NC5)cc3c2CCN2CCC(C(=O)NC(CO)C(N)=O)CC2)c1. The average molecular weight is 634 g/mol. The predicted molar refractivity (Wildman–Crippen MR) is 178 cm³/mol. The highest BCUT2D eigenvalue weighted by atomic mass is 32.1. The Bertz CT molecular complexity index is 1560. The van der Waals surface area contributed by atoms with Crippen LogP contribution >= 0.6 is 11.3 Å². The third kappa shape index (κ3) is 6.22. The molecule has 3 aromatic rings. The Balaban J connectivity index is 1.22. The number of H-pyrrole nitrogens is 1. The van der Waals surface area contributed by atoms with Crippen molar-refractivity contribution in [3.05, 3.63) is 45.8 Å². The lowest BCUT2D eigenvalue weighted by molar-refractivity contribution is -0.131. The van der Waals surface area contributed by atoms with Crippen molar-refractivity contribution in [3.63, 3.8) is 0 Å². The fraction of sp³-hybridized carbons (Fsp3) is 0.571. The zero-order valence-corrected chi connectivity index (χ0v) is 27.7. The smallest absolute Gasteiger partial charge is 0.242 e. The van der Waals surface area contributed by atoms with E-state index in [4.69, 9.17) is 5.73 Å². The highest BCUT2D eigenvalue weighted by molar-refractivity contribution is 7.19. The van der Waals surface area contributed by atoms with Crippen LogP contribution in [0.3, 0.4) is 0 Å². The molecule has 0 spiro atoms. The van der Waals surface area contributed by atoms with E-state index in [1.807, 2.05) is 0 Å². The van der Waals surface area contributed by atoms with Crippen molar-refractivity contribution in [2.45, 2.75) is 77.3 Å². The van der Waals surface area contributed by atoms with Crippen LogP contribution in [0.15, 0.2) is 24.3 Å². The van der Waals surface area contributed by atoms with Gasteiger partial charge in [0, 0.05) is 34.7 Å². The summed E-state index contributed by atoms with van der Waals surface area (Å²) in [5, 5.41) is 16.7. The lowest BCUT2D eigenvalue weighted by Crippen LogP contribution is -2.50. The number of nitrogens with two attached hydrogens (primary N) is 1. The van der Waals surface area contributed by atoms with E-state index in [0.29, 0.717) is 30.6 Å². The molecule has 2 aromatic heterocycles. The minimum atomic E-state index is -1.05.